The van der Waals surface area contributed by atoms with Gasteiger partial charge in [0.1, 0.15) is 19.3 Å². The van der Waals surface area contributed by atoms with E-state index in [-0.39, 0.29) is 25.7 Å². The molecule has 0 aliphatic heterocycles. The van der Waals surface area contributed by atoms with Gasteiger partial charge in [0.2, 0.25) is 0 Å². The van der Waals surface area contributed by atoms with Crippen LogP contribution >= 0.6 is 15.6 Å². The van der Waals surface area contributed by atoms with Gasteiger partial charge < -0.3 is 33.8 Å². The molecule has 628 valence electrons. The third kappa shape index (κ3) is 80.7. The summed E-state index contributed by atoms with van der Waals surface area (Å²) < 4.78 is 68.8. The molecule has 3 N–H and O–H groups in total. The van der Waals surface area contributed by atoms with E-state index in [2.05, 4.69) is 186 Å². The summed E-state index contributed by atoms with van der Waals surface area (Å²) in [5.41, 5.74) is 0. The molecule has 0 fully saturated rings. The molecule has 0 spiro atoms. The van der Waals surface area contributed by atoms with Crippen LogP contribution < -0.4 is 0 Å². The van der Waals surface area contributed by atoms with Crippen molar-refractivity contribution in [2.75, 3.05) is 39.6 Å². The van der Waals surface area contributed by atoms with Crippen molar-refractivity contribution in [1.29, 1.82) is 0 Å². The Morgan fingerprint density at radius 1 is 0.264 bits per heavy atom. The lowest BCUT2D eigenvalue weighted by molar-refractivity contribution is -0.161. The molecule has 0 aliphatic rings. The fraction of sp³-hybridized carbons (Fsp3) is 0.670. The Labute approximate surface area is 668 Å². The van der Waals surface area contributed by atoms with Gasteiger partial charge in [-0.3, -0.25) is 37.3 Å². The molecular formula is C91H152O17P2. The summed E-state index contributed by atoms with van der Waals surface area (Å²) >= 11 is 0. The third-order valence-electron chi connectivity index (χ3n) is 17.5. The number of aliphatic hydroxyl groups excluding tert-OH is 1. The Hall–Kier alpha value is -5.32. The summed E-state index contributed by atoms with van der Waals surface area (Å²) in [5, 5.41) is 10.7. The minimum absolute atomic E-state index is 0.0594. The number of ether oxygens (including phenoxy) is 4. The van der Waals surface area contributed by atoms with Crippen LogP contribution in [-0.2, 0) is 65.4 Å². The lowest BCUT2D eigenvalue weighted by Crippen LogP contribution is -2.30. The van der Waals surface area contributed by atoms with Crippen LogP contribution in [0.4, 0.5) is 0 Å². The highest BCUT2D eigenvalue weighted by Gasteiger charge is 2.30. The summed E-state index contributed by atoms with van der Waals surface area (Å²) in [7, 11) is -9.99. The van der Waals surface area contributed by atoms with Gasteiger partial charge in [-0.25, -0.2) is 9.13 Å². The van der Waals surface area contributed by atoms with Gasteiger partial charge in [-0.05, 0) is 167 Å². The normalized spacial score (nSPS) is 14.6. The Morgan fingerprint density at radius 3 is 0.727 bits per heavy atom. The molecule has 0 aromatic heterocycles. The number of aliphatic hydroxyl groups is 1. The Balaban J connectivity index is 5.44. The van der Waals surface area contributed by atoms with Crippen molar-refractivity contribution in [2.45, 2.75) is 354 Å². The number of rotatable bonds is 79. The first-order valence-electron chi connectivity index (χ1n) is 42.7. The average Bonchev–Trinajstić information content (AvgIpc) is 0.900. The second kappa shape index (κ2) is 81.7. The van der Waals surface area contributed by atoms with Crippen molar-refractivity contribution < 1.29 is 80.2 Å². The average molecular weight is 1580 g/mol. The van der Waals surface area contributed by atoms with Crippen molar-refractivity contribution in [3.63, 3.8) is 0 Å². The standard InChI is InChI=1S/C91H152O17P2/c1-5-9-13-17-21-25-29-33-37-41-42-46-48-52-56-60-64-68-72-76-89(94)102-82-87(108-91(96)78-74-70-66-62-58-54-50-45-40-36-32-28-24-20-16-12-8-4)84-106-110(99,100)104-80-85(92)79-103-109(97,98)105-83-86(107-90(95)77-73-69-65-61-57-53-49-44-39-35-31-27-23-19-15-11-7-3)81-101-88(93)75-71-67-63-59-55-51-47-43-38-34-30-26-22-18-14-10-6-2/h10-12,14-16,21-28,33-40,42,46,50,54,85-87,92H,5-9,13,17-20,29-32,41,43-45,47-49,51-53,55-84H2,1-4H3,(H,97,98)(H,99,100)/b14-10-,15-11-,16-12-,25-21-,26-22-,27-23-,28-24-,37-33-,38-34-,39-35-,40-36-,46-42-,54-50-. The van der Waals surface area contributed by atoms with Gasteiger partial charge in [-0.2, -0.15) is 0 Å². The number of carbonyl (C=O) groups excluding carboxylic acids is 4. The monoisotopic (exact) mass is 1580 g/mol. The number of unbranched alkanes of at least 4 members (excludes halogenated alkanes) is 27. The summed E-state index contributed by atoms with van der Waals surface area (Å²) in [6.45, 7) is 4.48. The van der Waals surface area contributed by atoms with E-state index < -0.39 is 97.5 Å². The predicted octanol–water partition coefficient (Wildman–Crippen LogP) is 25.6. The molecule has 0 aliphatic carbocycles. The van der Waals surface area contributed by atoms with Crippen LogP contribution in [0.2, 0.25) is 0 Å². The Bertz CT molecular complexity index is 2700. The zero-order valence-electron chi connectivity index (χ0n) is 68.9. The van der Waals surface area contributed by atoms with Crippen LogP contribution in [0.5, 0.6) is 0 Å². The fourth-order valence-electron chi connectivity index (χ4n) is 11.1. The Kier molecular flexibility index (Phi) is 77.7. The largest absolute Gasteiger partial charge is 0.472 e. The molecule has 17 nitrogen and oxygen atoms in total. The van der Waals surface area contributed by atoms with Gasteiger partial charge in [-0.15, -0.1) is 0 Å². The number of hydrogen-bond donors (Lipinski definition) is 3. The molecule has 0 rings (SSSR count). The minimum atomic E-state index is -5.00. The van der Waals surface area contributed by atoms with Crippen LogP contribution in [0.3, 0.4) is 0 Å². The summed E-state index contributed by atoms with van der Waals surface area (Å²) in [4.78, 5) is 73.3. The zero-order valence-corrected chi connectivity index (χ0v) is 70.7. The minimum Gasteiger partial charge on any atom is -0.462 e. The topological polar surface area (TPSA) is 237 Å². The van der Waals surface area contributed by atoms with Crippen molar-refractivity contribution in [1.82, 2.24) is 0 Å². The summed E-state index contributed by atoms with van der Waals surface area (Å²) in [5.74, 6) is -2.23. The number of phosphoric ester groups is 2. The fourth-order valence-corrected chi connectivity index (χ4v) is 12.7. The van der Waals surface area contributed by atoms with Crippen LogP contribution in [0.1, 0.15) is 336 Å². The maximum absolute atomic E-state index is 13.1. The number of esters is 4. The predicted molar refractivity (Wildman–Crippen MR) is 454 cm³/mol. The van der Waals surface area contributed by atoms with E-state index in [9.17, 15) is 43.2 Å². The first-order chi connectivity index (χ1) is 53.7. The molecule has 110 heavy (non-hydrogen) atoms. The van der Waals surface area contributed by atoms with Gasteiger partial charge >= 0.3 is 39.5 Å². The lowest BCUT2D eigenvalue weighted by Gasteiger charge is -2.21. The Morgan fingerprint density at radius 2 is 0.473 bits per heavy atom. The summed E-state index contributed by atoms with van der Waals surface area (Å²) in [6, 6.07) is 0. The van der Waals surface area contributed by atoms with Crippen molar-refractivity contribution >= 4 is 39.5 Å². The molecule has 0 amide bonds. The summed E-state index contributed by atoms with van der Waals surface area (Å²) in [6.07, 6.45) is 96.2. The van der Waals surface area contributed by atoms with Gasteiger partial charge in [0.15, 0.2) is 12.2 Å². The van der Waals surface area contributed by atoms with Gasteiger partial charge in [0.25, 0.3) is 0 Å². The molecule has 5 atom stereocenters. The highest BCUT2D eigenvalue weighted by Crippen LogP contribution is 2.45. The van der Waals surface area contributed by atoms with Gasteiger partial charge in [0, 0.05) is 25.7 Å². The van der Waals surface area contributed by atoms with Crippen LogP contribution in [0.15, 0.2) is 158 Å². The maximum Gasteiger partial charge on any atom is 0.472 e. The van der Waals surface area contributed by atoms with E-state index >= 15 is 0 Å². The second-order valence-corrected chi connectivity index (χ2v) is 30.9. The van der Waals surface area contributed by atoms with Crippen molar-refractivity contribution in [2.24, 2.45) is 0 Å². The third-order valence-corrected chi connectivity index (χ3v) is 19.4. The van der Waals surface area contributed by atoms with Gasteiger partial charge in [0.05, 0.1) is 26.4 Å². The molecule has 19 heteroatoms. The number of phosphoric acid groups is 2. The van der Waals surface area contributed by atoms with Crippen LogP contribution in [0.25, 0.3) is 0 Å². The first kappa shape index (κ1) is 105. The highest BCUT2D eigenvalue weighted by molar-refractivity contribution is 7.47. The SMILES string of the molecule is CC/C=C\C/C=C\C/C=C\C/C=C\CCCCCCC(=O)OC(COC(=O)CCCCCCCC/C=C\C/C=C\C/C=C\CCCCC)COP(=O)(O)OCC(O)COP(=O)(O)OCC(COC(=O)CCCCCCCCC/C=C\C/C=C\C/C=C\CC)OC(=O)CCCCCCCCC/C=C\C/C=C\C/C=C\CC. The maximum atomic E-state index is 13.1. The zero-order chi connectivity index (χ0) is 80.3. The van der Waals surface area contributed by atoms with Crippen molar-refractivity contribution in [3.05, 3.63) is 158 Å². The van der Waals surface area contributed by atoms with E-state index in [1.54, 1.807) is 0 Å². The molecule has 5 unspecified atom stereocenters. The van der Waals surface area contributed by atoms with Crippen LogP contribution in [0, 0.1) is 0 Å². The molecule has 0 saturated carbocycles. The quantitative estimate of drug-likeness (QED) is 0.0169. The number of carbonyl (C=O) groups is 4. The van der Waals surface area contributed by atoms with E-state index in [4.69, 9.17) is 37.0 Å². The van der Waals surface area contributed by atoms with E-state index in [0.717, 1.165) is 238 Å². The van der Waals surface area contributed by atoms with E-state index in [0.29, 0.717) is 25.7 Å². The molecule has 0 saturated heterocycles. The molecule has 0 heterocycles. The van der Waals surface area contributed by atoms with E-state index in [1.165, 1.54) is 19.3 Å². The smallest absolute Gasteiger partial charge is 0.462 e. The lowest BCUT2D eigenvalue weighted by atomic mass is 10.1. The highest BCUT2D eigenvalue weighted by atomic mass is 31.2. The van der Waals surface area contributed by atoms with Crippen molar-refractivity contribution in [3.8, 4) is 0 Å². The molecule has 0 bridgehead atoms. The molecular weight excluding hydrogens is 1430 g/mol. The first-order valence-corrected chi connectivity index (χ1v) is 45.7. The second-order valence-electron chi connectivity index (χ2n) is 28.0. The molecule has 0 aromatic carbocycles. The number of hydrogen-bond acceptors (Lipinski definition) is 15. The molecule has 0 radical (unpaired) electrons. The van der Waals surface area contributed by atoms with E-state index in [1.807, 2.05) is 0 Å². The van der Waals surface area contributed by atoms with Gasteiger partial charge in [-0.1, -0.05) is 301 Å². The molecule has 0 aromatic rings. The number of allylic oxidation sites excluding steroid dienone is 26. The van der Waals surface area contributed by atoms with Crippen LogP contribution in [-0.4, -0.2) is 96.7 Å².